The van der Waals surface area contributed by atoms with Crippen molar-refractivity contribution in [1.82, 2.24) is 4.90 Å². The number of anilines is 1. The topological polar surface area (TPSA) is 95.9 Å². The zero-order valence-corrected chi connectivity index (χ0v) is 15.8. The lowest BCUT2D eigenvalue weighted by Gasteiger charge is -2.38. The van der Waals surface area contributed by atoms with Crippen LogP contribution in [0.1, 0.15) is 44.1 Å². The van der Waals surface area contributed by atoms with Crippen molar-refractivity contribution >= 4 is 23.5 Å². The molecule has 1 saturated carbocycles. The molecule has 7 nitrogen and oxygen atoms in total. The molecule has 1 unspecified atom stereocenters. The smallest absolute Gasteiger partial charge is 0.310 e. The molecule has 0 spiro atoms. The first kappa shape index (κ1) is 19.2. The summed E-state index contributed by atoms with van der Waals surface area (Å²) in [5, 5.41) is 12.3. The van der Waals surface area contributed by atoms with Gasteiger partial charge < -0.3 is 20.1 Å². The number of amides is 2. The van der Waals surface area contributed by atoms with E-state index in [1.54, 1.807) is 11.0 Å². The van der Waals surface area contributed by atoms with Crippen molar-refractivity contribution in [3.63, 3.8) is 0 Å². The summed E-state index contributed by atoms with van der Waals surface area (Å²) in [6, 6.07) is 4.93. The number of methoxy groups -OCH3 is 1. The lowest BCUT2D eigenvalue weighted by atomic mass is 9.66. The molecule has 0 radical (unpaired) electrons. The summed E-state index contributed by atoms with van der Waals surface area (Å²) >= 11 is 0. The number of nitrogens with zero attached hydrogens (tertiary/aromatic N) is 1. The molecule has 3 rings (SSSR count). The number of carboxylic acid groups (broad SMARTS) is 1. The third-order valence-electron chi connectivity index (χ3n) is 5.74. The fourth-order valence-corrected chi connectivity index (χ4v) is 3.93. The summed E-state index contributed by atoms with van der Waals surface area (Å²) in [5.41, 5.74) is 0.613. The van der Waals surface area contributed by atoms with Crippen LogP contribution in [0.5, 0.6) is 5.75 Å². The van der Waals surface area contributed by atoms with Crippen LogP contribution in [0.15, 0.2) is 18.2 Å². The molecular weight excluding hydrogens is 348 g/mol. The molecule has 1 saturated heterocycles. The van der Waals surface area contributed by atoms with E-state index in [1.807, 2.05) is 19.1 Å². The van der Waals surface area contributed by atoms with Crippen LogP contribution in [0.25, 0.3) is 0 Å². The number of carboxylic acids is 1. The number of aryl methyl sites for hydroxylation is 1. The number of hydrogen-bond donors (Lipinski definition) is 2. The van der Waals surface area contributed by atoms with Crippen molar-refractivity contribution in [2.24, 2.45) is 5.41 Å². The maximum Gasteiger partial charge on any atom is 0.310 e. The summed E-state index contributed by atoms with van der Waals surface area (Å²) in [6.07, 6.45) is 3.16. The minimum absolute atomic E-state index is 0.0279. The standard InChI is InChI=1S/C20H26N2O5/c1-13-6-7-16(27-2)14(11-13)21-18(24)15-5-3-10-22(15)17(23)12-20(19(25)26)8-4-9-20/h6-7,11,15H,3-5,8-10,12H2,1-2H3,(H,21,24)(H,25,26). The SMILES string of the molecule is COc1ccc(C)cc1NC(=O)C1CCCN1C(=O)CC1(C(=O)O)CCC1. The first-order valence-electron chi connectivity index (χ1n) is 9.35. The molecule has 7 heteroatoms. The molecule has 1 atom stereocenters. The summed E-state index contributed by atoms with van der Waals surface area (Å²) in [7, 11) is 1.54. The van der Waals surface area contributed by atoms with Crippen molar-refractivity contribution in [2.75, 3.05) is 19.0 Å². The molecule has 1 aromatic carbocycles. The Bertz CT molecular complexity index is 757. The number of likely N-dealkylation sites (tertiary alicyclic amines) is 1. The Morgan fingerprint density at radius 1 is 1.30 bits per heavy atom. The van der Waals surface area contributed by atoms with E-state index in [1.165, 1.54) is 7.11 Å². The third kappa shape index (κ3) is 3.77. The number of carbonyl (C=O) groups is 3. The van der Waals surface area contributed by atoms with Gasteiger partial charge in [0.15, 0.2) is 0 Å². The Morgan fingerprint density at radius 2 is 2.04 bits per heavy atom. The van der Waals surface area contributed by atoms with Crippen molar-refractivity contribution in [3.8, 4) is 5.75 Å². The second-order valence-corrected chi connectivity index (χ2v) is 7.55. The number of benzene rings is 1. The van der Waals surface area contributed by atoms with Gasteiger partial charge in [0, 0.05) is 13.0 Å². The molecule has 2 aliphatic rings. The van der Waals surface area contributed by atoms with E-state index >= 15 is 0 Å². The molecule has 1 aliphatic carbocycles. The fourth-order valence-electron chi connectivity index (χ4n) is 3.93. The summed E-state index contributed by atoms with van der Waals surface area (Å²) in [6.45, 7) is 2.40. The van der Waals surface area contributed by atoms with Gasteiger partial charge in [-0.1, -0.05) is 12.5 Å². The van der Waals surface area contributed by atoms with Gasteiger partial charge in [-0.05, 0) is 50.3 Å². The molecule has 2 N–H and O–H groups in total. The van der Waals surface area contributed by atoms with Gasteiger partial charge in [0.1, 0.15) is 11.8 Å². The predicted octanol–water partition coefficient (Wildman–Crippen LogP) is 2.58. The molecule has 0 bridgehead atoms. The van der Waals surface area contributed by atoms with Crippen LogP contribution in [0.2, 0.25) is 0 Å². The molecule has 1 heterocycles. The highest BCUT2D eigenvalue weighted by Crippen LogP contribution is 2.45. The number of carbonyl (C=O) groups excluding carboxylic acids is 2. The van der Waals surface area contributed by atoms with Crippen LogP contribution in [-0.2, 0) is 14.4 Å². The maximum atomic E-state index is 12.8. The van der Waals surface area contributed by atoms with Crippen LogP contribution in [0, 0.1) is 12.3 Å². The minimum Gasteiger partial charge on any atom is -0.495 e. The zero-order chi connectivity index (χ0) is 19.6. The summed E-state index contributed by atoms with van der Waals surface area (Å²) < 4.78 is 5.29. The predicted molar refractivity (Wildman–Crippen MR) is 99.6 cm³/mol. The normalized spacial score (nSPS) is 20.7. The average Bonchev–Trinajstić information content (AvgIpc) is 3.07. The van der Waals surface area contributed by atoms with Crippen molar-refractivity contribution in [1.29, 1.82) is 0 Å². The van der Waals surface area contributed by atoms with Crippen LogP contribution in [-0.4, -0.2) is 47.5 Å². The second kappa shape index (κ2) is 7.58. The van der Waals surface area contributed by atoms with E-state index in [2.05, 4.69) is 5.32 Å². The Morgan fingerprint density at radius 3 is 2.63 bits per heavy atom. The Hall–Kier alpha value is -2.57. The van der Waals surface area contributed by atoms with Crippen molar-refractivity contribution in [3.05, 3.63) is 23.8 Å². The molecule has 146 valence electrons. The Labute approximate surface area is 158 Å². The molecule has 27 heavy (non-hydrogen) atoms. The highest BCUT2D eigenvalue weighted by atomic mass is 16.5. The number of hydrogen-bond acceptors (Lipinski definition) is 4. The lowest BCUT2D eigenvalue weighted by molar-refractivity contribution is -0.160. The van der Waals surface area contributed by atoms with Gasteiger partial charge in [0.2, 0.25) is 11.8 Å². The number of nitrogens with one attached hydrogen (secondary N) is 1. The molecule has 1 aromatic rings. The lowest BCUT2D eigenvalue weighted by Crippen LogP contribution is -2.48. The van der Waals surface area contributed by atoms with Crippen molar-refractivity contribution < 1.29 is 24.2 Å². The van der Waals surface area contributed by atoms with Gasteiger partial charge in [0.05, 0.1) is 18.2 Å². The minimum atomic E-state index is -0.944. The molecule has 0 aromatic heterocycles. The molecule has 2 fully saturated rings. The number of ether oxygens (including phenoxy) is 1. The van der Waals surface area contributed by atoms with E-state index in [0.717, 1.165) is 18.4 Å². The number of rotatable bonds is 6. The van der Waals surface area contributed by atoms with E-state index < -0.39 is 17.4 Å². The van der Waals surface area contributed by atoms with Crippen LogP contribution in [0.3, 0.4) is 0 Å². The highest BCUT2D eigenvalue weighted by Gasteiger charge is 2.48. The monoisotopic (exact) mass is 374 g/mol. The molecular formula is C20H26N2O5. The van der Waals surface area contributed by atoms with E-state index in [-0.39, 0.29) is 18.2 Å². The second-order valence-electron chi connectivity index (χ2n) is 7.55. The summed E-state index contributed by atoms with van der Waals surface area (Å²) in [5.74, 6) is -0.857. The highest BCUT2D eigenvalue weighted by molar-refractivity contribution is 5.99. The zero-order valence-electron chi connectivity index (χ0n) is 15.8. The van der Waals surface area contributed by atoms with E-state index in [0.29, 0.717) is 37.2 Å². The maximum absolute atomic E-state index is 12.8. The number of aliphatic carboxylic acids is 1. The van der Waals surface area contributed by atoms with E-state index in [4.69, 9.17) is 4.74 Å². The third-order valence-corrected chi connectivity index (χ3v) is 5.74. The van der Waals surface area contributed by atoms with Crippen LogP contribution in [0.4, 0.5) is 5.69 Å². The quantitative estimate of drug-likeness (QED) is 0.798. The first-order valence-corrected chi connectivity index (χ1v) is 9.35. The van der Waals surface area contributed by atoms with Gasteiger partial charge in [-0.15, -0.1) is 0 Å². The largest absolute Gasteiger partial charge is 0.495 e. The van der Waals surface area contributed by atoms with Gasteiger partial charge in [-0.2, -0.15) is 0 Å². The van der Waals surface area contributed by atoms with Gasteiger partial charge in [-0.3, -0.25) is 14.4 Å². The molecule has 1 aliphatic heterocycles. The van der Waals surface area contributed by atoms with Crippen LogP contribution < -0.4 is 10.1 Å². The average molecular weight is 374 g/mol. The Kier molecular flexibility index (Phi) is 5.39. The summed E-state index contributed by atoms with van der Waals surface area (Å²) in [4.78, 5) is 38.7. The van der Waals surface area contributed by atoms with Gasteiger partial charge in [0.25, 0.3) is 0 Å². The Balaban J connectivity index is 1.70. The van der Waals surface area contributed by atoms with E-state index in [9.17, 15) is 19.5 Å². The van der Waals surface area contributed by atoms with Crippen molar-refractivity contribution in [2.45, 2.75) is 51.5 Å². The van der Waals surface area contributed by atoms with Gasteiger partial charge in [-0.25, -0.2) is 0 Å². The van der Waals surface area contributed by atoms with Crippen LogP contribution >= 0.6 is 0 Å². The molecule has 2 amide bonds. The van der Waals surface area contributed by atoms with Gasteiger partial charge >= 0.3 is 5.97 Å². The first-order chi connectivity index (χ1) is 12.9. The fraction of sp³-hybridized carbons (Fsp3) is 0.550.